The van der Waals surface area contributed by atoms with Gasteiger partial charge in [-0.05, 0) is 38.0 Å². The van der Waals surface area contributed by atoms with Crippen LogP contribution in [0.15, 0.2) is 30.9 Å². The molecule has 1 fully saturated rings. The van der Waals surface area contributed by atoms with Gasteiger partial charge in [0, 0.05) is 30.3 Å². The Balaban J connectivity index is 2.05. The zero-order valence-corrected chi connectivity index (χ0v) is 15.6. The van der Waals surface area contributed by atoms with Crippen molar-refractivity contribution in [2.24, 2.45) is 5.92 Å². The molecule has 0 aliphatic carbocycles. The lowest BCUT2D eigenvalue weighted by atomic mass is 9.83. The number of carbonyl (C=O) groups excluding carboxylic acids is 2. The Kier molecular flexibility index (Phi) is 5.37. The average Bonchev–Trinajstić information content (AvgIpc) is 3.06. The summed E-state index contributed by atoms with van der Waals surface area (Å²) in [4.78, 5) is 26.8. The van der Waals surface area contributed by atoms with E-state index in [1.54, 1.807) is 29.2 Å². The molecule has 1 spiro atoms. The second kappa shape index (κ2) is 7.42. The summed E-state index contributed by atoms with van der Waals surface area (Å²) in [5, 5.41) is 21.4. The summed E-state index contributed by atoms with van der Waals surface area (Å²) in [7, 11) is 0. The Hall–Kier alpha value is -2.22. The highest BCUT2D eigenvalue weighted by Gasteiger charge is 2.59. The quantitative estimate of drug-likeness (QED) is 0.656. The predicted molar refractivity (Wildman–Crippen MR) is 101 cm³/mol. The molecule has 3 N–H and O–H groups in total. The minimum absolute atomic E-state index is 0.00459. The molecule has 0 unspecified atom stereocenters. The van der Waals surface area contributed by atoms with E-state index >= 15 is 0 Å². The normalized spacial score (nSPS) is 27.7. The van der Waals surface area contributed by atoms with Crippen molar-refractivity contribution in [3.63, 3.8) is 0 Å². The van der Waals surface area contributed by atoms with Crippen LogP contribution in [0.3, 0.4) is 0 Å². The lowest BCUT2D eigenvalue weighted by Crippen LogP contribution is -2.44. The molecule has 1 aromatic rings. The summed E-state index contributed by atoms with van der Waals surface area (Å²) < 4.78 is 6.24. The molecule has 146 valence electrons. The Morgan fingerprint density at radius 3 is 2.93 bits per heavy atom. The van der Waals surface area contributed by atoms with Crippen molar-refractivity contribution in [3.8, 4) is 0 Å². The lowest BCUT2D eigenvalue weighted by Gasteiger charge is -2.28. The van der Waals surface area contributed by atoms with Crippen LogP contribution in [0.4, 0.5) is 11.4 Å². The number of carbonyl (C=O) groups is 2. The van der Waals surface area contributed by atoms with Gasteiger partial charge < -0.3 is 25.2 Å². The molecule has 0 saturated carbocycles. The SMILES string of the molecule is C=CCN1C(=O)[C@]2(O[C@H](CCO)C[C@@H]2C)c2cc(NC(=O)[C@H](C)O)ccc21. The topological polar surface area (TPSA) is 99.1 Å². The number of rotatable bonds is 6. The zero-order chi connectivity index (χ0) is 19.8. The summed E-state index contributed by atoms with van der Waals surface area (Å²) in [5.74, 6) is -0.753. The molecule has 1 saturated heterocycles. The Labute approximate surface area is 158 Å². The van der Waals surface area contributed by atoms with Crippen molar-refractivity contribution in [1.82, 2.24) is 0 Å². The van der Waals surface area contributed by atoms with Crippen LogP contribution in [0.25, 0.3) is 0 Å². The molecule has 7 heteroatoms. The first kappa shape index (κ1) is 19.5. The summed E-state index contributed by atoms with van der Waals surface area (Å²) >= 11 is 0. The number of benzene rings is 1. The fourth-order valence-corrected chi connectivity index (χ4v) is 4.03. The maximum atomic E-state index is 13.3. The molecule has 7 nitrogen and oxygen atoms in total. The fraction of sp³-hybridized carbons (Fsp3) is 0.500. The third-order valence-electron chi connectivity index (χ3n) is 5.32. The van der Waals surface area contributed by atoms with Crippen LogP contribution in [0.1, 0.15) is 32.3 Å². The van der Waals surface area contributed by atoms with Gasteiger partial charge in [0.05, 0.1) is 11.8 Å². The minimum atomic E-state index is -1.14. The number of aliphatic hydroxyl groups is 2. The summed E-state index contributed by atoms with van der Waals surface area (Å²) in [6, 6.07) is 5.22. The third kappa shape index (κ3) is 3.16. The second-order valence-electron chi connectivity index (χ2n) is 7.23. The molecule has 0 radical (unpaired) electrons. The highest BCUT2D eigenvalue weighted by atomic mass is 16.5. The second-order valence-corrected chi connectivity index (χ2v) is 7.23. The number of hydrogen-bond donors (Lipinski definition) is 3. The van der Waals surface area contributed by atoms with Gasteiger partial charge in [0.2, 0.25) is 0 Å². The molecule has 2 amide bonds. The third-order valence-corrected chi connectivity index (χ3v) is 5.32. The number of nitrogens with zero attached hydrogens (tertiary/aromatic N) is 1. The van der Waals surface area contributed by atoms with E-state index in [0.29, 0.717) is 30.6 Å². The molecule has 2 heterocycles. The molecule has 2 aliphatic rings. The van der Waals surface area contributed by atoms with E-state index in [1.165, 1.54) is 6.92 Å². The van der Waals surface area contributed by atoms with Gasteiger partial charge in [-0.2, -0.15) is 0 Å². The molecule has 1 aromatic carbocycles. The Morgan fingerprint density at radius 2 is 2.30 bits per heavy atom. The molecule has 27 heavy (non-hydrogen) atoms. The van der Waals surface area contributed by atoms with Crippen LogP contribution in [0, 0.1) is 5.92 Å². The van der Waals surface area contributed by atoms with Crippen LogP contribution < -0.4 is 10.2 Å². The molecular formula is C20H26N2O5. The van der Waals surface area contributed by atoms with Crippen LogP contribution in [0.5, 0.6) is 0 Å². The maximum absolute atomic E-state index is 13.3. The van der Waals surface area contributed by atoms with Crippen molar-refractivity contribution >= 4 is 23.2 Å². The highest BCUT2D eigenvalue weighted by Crippen LogP contribution is 2.54. The van der Waals surface area contributed by atoms with E-state index in [9.17, 15) is 19.8 Å². The first-order chi connectivity index (χ1) is 12.8. The van der Waals surface area contributed by atoms with E-state index in [0.717, 1.165) is 5.69 Å². The van der Waals surface area contributed by atoms with Crippen molar-refractivity contribution < 1.29 is 24.5 Å². The first-order valence-corrected chi connectivity index (χ1v) is 9.20. The van der Waals surface area contributed by atoms with Crippen LogP contribution in [0.2, 0.25) is 0 Å². The first-order valence-electron chi connectivity index (χ1n) is 9.20. The number of nitrogens with one attached hydrogen (secondary N) is 1. The van der Waals surface area contributed by atoms with Gasteiger partial charge in [-0.25, -0.2) is 0 Å². The lowest BCUT2D eigenvalue weighted by molar-refractivity contribution is -0.146. The number of ether oxygens (including phenoxy) is 1. The summed E-state index contributed by atoms with van der Waals surface area (Å²) in [5.41, 5.74) is 0.787. The van der Waals surface area contributed by atoms with Gasteiger partial charge in [0.25, 0.3) is 11.8 Å². The van der Waals surface area contributed by atoms with Crippen LogP contribution >= 0.6 is 0 Å². The Bertz CT molecular complexity index is 763. The highest BCUT2D eigenvalue weighted by molar-refractivity contribution is 6.08. The number of aliphatic hydroxyl groups excluding tert-OH is 2. The van der Waals surface area contributed by atoms with Gasteiger partial charge in [-0.15, -0.1) is 6.58 Å². The summed E-state index contributed by atoms with van der Waals surface area (Å²) in [6.45, 7) is 7.44. The maximum Gasteiger partial charge on any atom is 0.264 e. The van der Waals surface area contributed by atoms with E-state index in [1.807, 2.05) is 6.92 Å². The minimum Gasteiger partial charge on any atom is -0.396 e. The monoisotopic (exact) mass is 374 g/mol. The van der Waals surface area contributed by atoms with Crippen LogP contribution in [-0.2, 0) is 19.9 Å². The van der Waals surface area contributed by atoms with Crippen molar-refractivity contribution in [2.45, 2.75) is 44.5 Å². The predicted octanol–water partition coefficient (Wildman–Crippen LogP) is 1.54. The van der Waals surface area contributed by atoms with Gasteiger partial charge in [0.15, 0.2) is 5.60 Å². The molecule has 0 aromatic heterocycles. The van der Waals surface area contributed by atoms with E-state index in [2.05, 4.69) is 11.9 Å². The molecule has 3 rings (SSSR count). The van der Waals surface area contributed by atoms with Crippen LogP contribution in [-0.4, -0.2) is 47.4 Å². The van der Waals surface area contributed by atoms with Gasteiger partial charge in [0.1, 0.15) is 6.10 Å². The van der Waals surface area contributed by atoms with E-state index in [-0.39, 0.29) is 24.5 Å². The van der Waals surface area contributed by atoms with Crippen molar-refractivity contribution in [1.29, 1.82) is 0 Å². The molecule has 4 atom stereocenters. The van der Waals surface area contributed by atoms with Gasteiger partial charge in [-0.1, -0.05) is 13.0 Å². The zero-order valence-electron chi connectivity index (χ0n) is 15.6. The molecule has 0 bridgehead atoms. The van der Waals surface area contributed by atoms with E-state index in [4.69, 9.17) is 4.74 Å². The van der Waals surface area contributed by atoms with Gasteiger partial charge in [-0.3, -0.25) is 9.59 Å². The Morgan fingerprint density at radius 1 is 1.56 bits per heavy atom. The molecule has 2 aliphatic heterocycles. The smallest absolute Gasteiger partial charge is 0.264 e. The number of anilines is 2. The van der Waals surface area contributed by atoms with Crippen molar-refractivity contribution in [3.05, 3.63) is 36.4 Å². The standard InChI is InChI=1S/C20H26N2O5/c1-4-8-22-17-6-5-14(21-18(25)13(3)24)11-16(17)20(19(22)26)12(2)10-15(27-20)7-9-23/h4-6,11-13,15,23-24H,1,7-10H2,2-3H3,(H,21,25)/t12-,13-,15+,20+/m0/s1. The molecular weight excluding hydrogens is 348 g/mol. The number of amides is 2. The van der Waals surface area contributed by atoms with Crippen molar-refractivity contribution in [2.75, 3.05) is 23.4 Å². The summed E-state index contributed by atoms with van der Waals surface area (Å²) in [6.07, 6.45) is 1.45. The number of hydrogen-bond acceptors (Lipinski definition) is 5. The van der Waals surface area contributed by atoms with Gasteiger partial charge >= 0.3 is 0 Å². The number of fused-ring (bicyclic) bond motifs is 2. The fourth-order valence-electron chi connectivity index (χ4n) is 4.03. The average molecular weight is 374 g/mol. The largest absolute Gasteiger partial charge is 0.396 e. The van der Waals surface area contributed by atoms with E-state index < -0.39 is 17.6 Å².